The van der Waals surface area contributed by atoms with Gasteiger partial charge in [0.15, 0.2) is 0 Å². The maximum absolute atomic E-state index is 12.4. The van der Waals surface area contributed by atoms with Crippen LogP contribution in [0, 0.1) is 6.92 Å². The number of aryl methyl sites for hydroxylation is 1. The fraction of sp³-hybridized carbons (Fsp3) is 0.545. The number of nitrogens with one attached hydrogen (secondary N) is 1. The lowest BCUT2D eigenvalue weighted by molar-refractivity contribution is -0.136. The lowest BCUT2D eigenvalue weighted by Gasteiger charge is -2.34. The Morgan fingerprint density at radius 2 is 1.81 bits per heavy atom. The quantitative estimate of drug-likeness (QED) is 0.640. The molecular weight excluding hydrogens is 396 g/mol. The molecule has 0 radical (unpaired) electrons. The number of nitrogens with zero attached hydrogens (tertiary/aromatic N) is 5. The van der Waals surface area contributed by atoms with Crippen molar-refractivity contribution in [3.05, 3.63) is 35.7 Å². The average Bonchev–Trinajstić information content (AvgIpc) is 3.22. The predicted octanol–water partition coefficient (Wildman–Crippen LogP) is 1.15. The zero-order valence-corrected chi connectivity index (χ0v) is 18.6. The largest absolute Gasteiger partial charge is 0.355 e. The van der Waals surface area contributed by atoms with E-state index in [4.69, 9.17) is 4.52 Å². The molecule has 2 amide bonds. The number of likely N-dealkylation sites (N-methyl/N-ethyl adjacent to an activating group) is 1. The molecule has 3 rings (SSSR count). The molecule has 9 heteroatoms. The van der Waals surface area contributed by atoms with Crippen LogP contribution in [0.15, 0.2) is 28.8 Å². The fourth-order valence-electron chi connectivity index (χ4n) is 3.37. The molecule has 1 aromatic heterocycles. The van der Waals surface area contributed by atoms with Crippen LogP contribution >= 0.6 is 0 Å². The Labute approximate surface area is 183 Å². The van der Waals surface area contributed by atoms with Crippen LogP contribution in [0.25, 0.3) is 11.4 Å². The van der Waals surface area contributed by atoms with E-state index in [1.807, 2.05) is 38.1 Å². The maximum atomic E-state index is 12.4. The van der Waals surface area contributed by atoms with Gasteiger partial charge in [-0.2, -0.15) is 4.98 Å². The van der Waals surface area contributed by atoms with Gasteiger partial charge in [0.1, 0.15) is 0 Å². The summed E-state index contributed by atoms with van der Waals surface area (Å²) in [5, 5.41) is 6.88. The van der Waals surface area contributed by atoms with Crippen LogP contribution in [0.4, 0.5) is 0 Å². The van der Waals surface area contributed by atoms with Gasteiger partial charge in [-0.1, -0.05) is 41.9 Å². The third kappa shape index (κ3) is 6.86. The molecule has 0 unspecified atom stereocenters. The number of carbonyl (C=O) groups excluding carboxylic acids is 2. The second-order valence-electron chi connectivity index (χ2n) is 8.03. The molecule has 1 fully saturated rings. The second kappa shape index (κ2) is 11.0. The summed E-state index contributed by atoms with van der Waals surface area (Å²) in [5.41, 5.74) is 2.13. The van der Waals surface area contributed by atoms with Gasteiger partial charge in [-0.25, -0.2) is 0 Å². The number of aromatic nitrogens is 2. The first-order valence-corrected chi connectivity index (χ1v) is 10.8. The molecule has 0 saturated carbocycles. The third-order valence-electron chi connectivity index (χ3n) is 5.34. The number of piperazine rings is 1. The van der Waals surface area contributed by atoms with Gasteiger partial charge in [0.25, 0.3) is 0 Å². The first-order chi connectivity index (χ1) is 14.9. The summed E-state index contributed by atoms with van der Waals surface area (Å²) in [6.45, 7) is 8.88. The van der Waals surface area contributed by atoms with Crippen LogP contribution in [-0.2, 0) is 16.1 Å². The van der Waals surface area contributed by atoms with Crippen molar-refractivity contribution in [1.29, 1.82) is 0 Å². The molecule has 0 aliphatic carbocycles. The monoisotopic (exact) mass is 428 g/mol. The molecule has 31 heavy (non-hydrogen) atoms. The molecular formula is C22H32N6O3. The SMILES string of the molecule is CCCNC(=O)CN(C)C(=O)CN1CCN(Cc2nc(-c3ccc(C)cc3)no2)CC1. The van der Waals surface area contributed by atoms with Crippen LogP contribution in [0.2, 0.25) is 0 Å². The van der Waals surface area contributed by atoms with E-state index in [2.05, 4.69) is 25.3 Å². The Morgan fingerprint density at radius 3 is 2.48 bits per heavy atom. The van der Waals surface area contributed by atoms with Crippen LogP contribution < -0.4 is 5.32 Å². The van der Waals surface area contributed by atoms with E-state index >= 15 is 0 Å². The molecule has 2 heterocycles. The first-order valence-electron chi connectivity index (χ1n) is 10.8. The molecule has 1 saturated heterocycles. The van der Waals surface area contributed by atoms with Gasteiger partial charge in [0, 0.05) is 45.3 Å². The van der Waals surface area contributed by atoms with Crippen molar-refractivity contribution in [2.24, 2.45) is 0 Å². The number of hydrogen-bond acceptors (Lipinski definition) is 7. The summed E-state index contributed by atoms with van der Waals surface area (Å²) < 4.78 is 5.42. The molecule has 1 aliphatic heterocycles. The standard InChI is InChI=1S/C22H32N6O3/c1-4-9-23-19(29)14-26(3)21(30)16-28-12-10-27(11-13-28)15-20-24-22(25-31-20)18-7-5-17(2)6-8-18/h5-8H,4,9-16H2,1-3H3,(H,23,29). The molecule has 1 N–H and O–H groups in total. The summed E-state index contributed by atoms with van der Waals surface area (Å²) in [6, 6.07) is 8.04. The number of amides is 2. The molecule has 0 atom stereocenters. The van der Waals surface area contributed by atoms with Gasteiger partial charge >= 0.3 is 0 Å². The van der Waals surface area contributed by atoms with Crippen LogP contribution in [-0.4, -0.2) is 89.5 Å². The predicted molar refractivity (Wildman–Crippen MR) is 117 cm³/mol. The lowest BCUT2D eigenvalue weighted by Crippen LogP contribution is -2.50. The number of hydrogen-bond donors (Lipinski definition) is 1. The highest BCUT2D eigenvalue weighted by molar-refractivity contribution is 5.85. The lowest BCUT2D eigenvalue weighted by atomic mass is 10.1. The summed E-state index contributed by atoms with van der Waals surface area (Å²) >= 11 is 0. The minimum atomic E-state index is -0.118. The van der Waals surface area contributed by atoms with E-state index < -0.39 is 0 Å². The third-order valence-corrected chi connectivity index (χ3v) is 5.34. The van der Waals surface area contributed by atoms with Crippen molar-refractivity contribution in [3.8, 4) is 11.4 Å². The van der Waals surface area contributed by atoms with Crippen molar-refractivity contribution in [1.82, 2.24) is 30.2 Å². The van der Waals surface area contributed by atoms with Crippen LogP contribution in [0.1, 0.15) is 24.8 Å². The molecule has 0 bridgehead atoms. The Hall–Kier alpha value is -2.78. The summed E-state index contributed by atoms with van der Waals surface area (Å²) in [4.78, 5) is 34.6. The Balaban J connectivity index is 1.41. The number of rotatable bonds is 9. The Morgan fingerprint density at radius 1 is 1.13 bits per heavy atom. The van der Waals surface area contributed by atoms with Crippen LogP contribution in [0.5, 0.6) is 0 Å². The van der Waals surface area contributed by atoms with E-state index in [9.17, 15) is 9.59 Å². The average molecular weight is 429 g/mol. The smallest absolute Gasteiger partial charge is 0.241 e. The highest BCUT2D eigenvalue weighted by Gasteiger charge is 2.22. The summed E-state index contributed by atoms with van der Waals surface area (Å²) in [6.07, 6.45) is 0.879. The minimum absolute atomic E-state index is 0.0419. The van der Waals surface area contributed by atoms with E-state index in [0.717, 1.165) is 38.2 Å². The van der Waals surface area contributed by atoms with Gasteiger partial charge < -0.3 is 14.7 Å². The topological polar surface area (TPSA) is 94.8 Å². The van der Waals surface area contributed by atoms with Crippen molar-refractivity contribution in [2.45, 2.75) is 26.8 Å². The zero-order valence-electron chi connectivity index (χ0n) is 18.6. The van der Waals surface area contributed by atoms with Gasteiger partial charge in [-0.15, -0.1) is 0 Å². The first kappa shape index (κ1) is 22.9. The van der Waals surface area contributed by atoms with Gasteiger partial charge in [0.2, 0.25) is 23.5 Å². The number of benzene rings is 1. The molecule has 0 spiro atoms. The fourth-order valence-corrected chi connectivity index (χ4v) is 3.37. The van der Waals surface area contributed by atoms with Crippen molar-refractivity contribution >= 4 is 11.8 Å². The number of carbonyl (C=O) groups is 2. The van der Waals surface area contributed by atoms with Crippen molar-refractivity contribution in [3.63, 3.8) is 0 Å². The van der Waals surface area contributed by atoms with Crippen LogP contribution in [0.3, 0.4) is 0 Å². The minimum Gasteiger partial charge on any atom is -0.355 e. The highest BCUT2D eigenvalue weighted by atomic mass is 16.5. The summed E-state index contributed by atoms with van der Waals surface area (Å²) in [7, 11) is 1.67. The normalized spacial score (nSPS) is 15.1. The maximum Gasteiger partial charge on any atom is 0.241 e. The van der Waals surface area contributed by atoms with Gasteiger partial charge in [-0.3, -0.25) is 19.4 Å². The van der Waals surface area contributed by atoms with E-state index in [-0.39, 0.29) is 18.4 Å². The Bertz CT molecular complexity index is 858. The summed E-state index contributed by atoms with van der Waals surface area (Å²) in [5.74, 6) is 1.04. The van der Waals surface area contributed by atoms with Gasteiger partial charge in [-0.05, 0) is 13.3 Å². The van der Waals surface area contributed by atoms with E-state index in [1.165, 1.54) is 10.5 Å². The zero-order chi connectivity index (χ0) is 22.2. The second-order valence-corrected chi connectivity index (χ2v) is 8.03. The molecule has 2 aromatic rings. The van der Waals surface area contributed by atoms with Crippen molar-refractivity contribution in [2.75, 3.05) is 52.9 Å². The van der Waals surface area contributed by atoms with E-state index in [0.29, 0.717) is 31.3 Å². The van der Waals surface area contributed by atoms with E-state index in [1.54, 1.807) is 7.05 Å². The van der Waals surface area contributed by atoms with Gasteiger partial charge in [0.05, 0.1) is 19.6 Å². The van der Waals surface area contributed by atoms with Crippen molar-refractivity contribution < 1.29 is 14.1 Å². The molecule has 1 aliphatic rings. The molecule has 9 nitrogen and oxygen atoms in total. The highest BCUT2D eigenvalue weighted by Crippen LogP contribution is 2.17. The Kier molecular flexibility index (Phi) is 8.13. The molecule has 1 aromatic carbocycles. The molecule has 168 valence electrons.